The number of nitrogens with one attached hydrogen (secondary N) is 1. The first-order valence-electron chi connectivity index (χ1n) is 7.81. The van der Waals surface area contributed by atoms with Gasteiger partial charge in [0.15, 0.2) is 5.76 Å². The number of nitrogens with zero attached hydrogens (tertiary/aromatic N) is 2. The van der Waals surface area contributed by atoms with Gasteiger partial charge in [0.05, 0.1) is 10.6 Å². The molecule has 1 aliphatic rings. The van der Waals surface area contributed by atoms with Gasteiger partial charge in [-0.25, -0.2) is 0 Å². The maximum Gasteiger partial charge on any atom is 0.177 e. The zero-order chi connectivity index (χ0) is 14.5. The van der Waals surface area contributed by atoms with Crippen LogP contribution < -0.4 is 5.32 Å². The van der Waals surface area contributed by atoms with Crippen molar-refractivity contribution >= 4 is 11.3 Å². The van der Waals surface area contributed by atoms with Crippen LogP contribution in [0.3, 0.4) is 0 Å². The second-order valence-corrected chi connectivity index (χ2v) is 6.58. The van der Waals surface area contributed by atoms with Crippen LogP contribution in [0, 0.1) is 0 Å². The van der Waals surface area contributed by atoms with Gasteiger partial charge in [-0.15, -0.1) is 11.3 Å². The van der Waals surface area contributed by atoms with E-state index in [0.29, 0.717) is 6.04 Å². The van der Waals surface area contributed by atoms with Crippen molar-refractivity contribution in [1.29, 1.82) is 0 Å². The molecule has 1 N–H and O–H groups in total. The van der Waals surface area contributed by atoms with Crippen LogP contribution in [0.1, 0.15) is 31.9 Å². The van der Waals surface area contributed by atoms with E-state index in [1.165, 1.54) is 19.3 Å². The second-order valence-electron chi connectivity index (χ2n) is 5.63. The molecule has 1 saturated heterocycles. The highest BCUT2D eigenvalue weighted by Gasteiger charge is 2.21. The van der Waals surface area contributed by atoms with Crippen LogP contribution in [0.4, 0.5) is 0 Å². The third kappa shape index (κ3) is 3.73. The van der Waals surface area contributed by atoms with E-state index in [2.05, 4.69) is 39.8 Å². The molecule has 114 valence electrons. The van der Waals surface area contributed by atoms with Crippen molar-refractivity contribution in [3.8, 4) is 10.6 Å². The van der Waals surface area contributed by atoms with Crippen LogP contribution in [0.5, 0.6) is 0 Å². The van der Waals surface area contributed by atoms with Crippen LogP contribution in [-0.2, 0) is 6.54 Å². The van der Waals surface area contributed by atoms with Gasteiger partial charge in [0, 0.05) is 25.2 Å². The van der Waals surface area contributed by atoms with Crippen LogP contribution in [0.15, 0.2) is 28.1 Å². The fraction of sp³-hybridized carbons (Fsp3) is 0.562. The van der Waals surface area contributed by atoms with E-state index in [0.717, 1.165) is 42.5 Å². The molecule has 5 heteroatoms. The molecule has 0 bridgehead atoms. The molecule has 3 heterocycles. The molecule has 1 atom stereocenters. The van der Waals surface area contributed by atoms with Gasteiger partial charge in [0.25, 0.3) is 0 Å². The summed E-state index contributed by atoms with van der Waals surface area (Å²) in [7, 11) is 0. The Morgan fingerprint density at radius 2 is 2.48 bits per heavy atom. The number of aromatic nitrogens is 1. The van der Waals surface area contributed by atoms with Crippen molar-refractivity contribution in [2.45, 2.75) is 38.8 Å². The van der Waals surface area contributed by atoms with Crippen molar-refractivity contribution in [1.82, 2.24) is 15.4 Å². The summed E-state index contributed by atoms with van der Waals surface area (Å²) >= 11 is 1.69. The highest BCUT2D eigenvalue weighted by atomic mass is 32.1. The molecule has 0 aliphatic carbocycles. The molecule has 0 amide bonds. The predicted octanol–water partition coefficient (Wildman–Crippen LogP) is 3.37. The Balaban J connectivity index is 1.67. The fourth-order valence-electron chi connectivity index (χ4n) is 2.95. The topological polar surface area (TPSA) is 41.3 Å². The molecule has 21 heavy (non-hydrogen) atoms. The Bertz CT molecular complexity index is 531. The molecule has 0 saturated carbocycles. The Morgan fingerprint density at radius 3 is 3.19 bits per heavy atom. The minimum absolute atomic E-state index is 0.626. The Labute approximate surface area is 130 Å². The van der Waals surface area contributed by atoms with Gasteiger partial charge in [-0.2, -0.15) is 0 Å². The fourth-order valence-corrected chi connectivity index (χ4v) is 3.63. The van der Waals surface area contributed by atoms with Crippen molar-refractivity contribution in [3.63, 3.8) is 0 Å². The van der Waals surface area contributed by atoms with Gasteiger partial charge in [0.2, 0.25) is 0 Å². The lowest BCUT2D eigenvalue weighted by atomic mass is 10.1. The Hall–Kier alpha value is -1.17. The van der Waals surface area contributed by atoms with Crippen LogP contribution >= 0.6 is 11.3 Å². The first-order valence-corrected chi connectivity index (χ1v) is 8.69. The quantitative estimate of drug-likeness (QED) is 0.888. The third-order valence-electron chi connectivity index (χ3n) is 3.99. The number of hydrogen-bond acceptors (Lipinski definition) is 5. The summed E-state index contributed by atoms with van der Waals surface area (Å²) in [6, 6.07) is 6.83. The van der Waals surface area contributed by atoms with Gasteiger partial charge in [-0.3, -0.25) is 4.90 Å². The lowest BCUT2D eigenvalue weighted by Gasteiger charge is -2.33. The Kier molecular flexibility index (Phi) is 5.06. The van der Waals surface area contributed by atoms with E-state index in [1.54, 1.807) is 11.3 Å². The van der Waals surface area contributed by atoms with Crippen molar-refractivity contribution in [2.75, 3.05) is 19.6 Å². The third-order valence-corrected chi connectivity index (χ3v) is 4.87. The zero-order valence-corrected chi connectivity index (χ0v) is 13.4. The van der Waals surface area contributed by atoms with Gasteiger partial charge >= 0.3 is 0 Å². The SMILES string of the molecule is CCCN(Cc1cc(-c2cccs2)on1)C1CCCNC1. The molecule has 1 unspecified atom stereocenters. The molecule has 1 fully saturated rings. The summed E-state index contributed by atoms with van der Waals surface area (Å²) in [5.41, 5.74) is 1.04. The first kappa shape index (κ1) is 14.8. The number of thiophene rings is 1. The maximum atomic E-state index is 5.49. The molecule has 0 radical (unpaired) electrons. The lowest BCUT2D eigenvalue weighted by Crippen LogP contribution is -2.45. The maximum absolute atomic E-state index is 5.49. The van der Waals surface area contributed by atoms with Crippen molar-refractivity contribution in [2.24, 2.45) is 0 Å². The van der Waals surface area contributed by atoms with E-state index in [-0.39, 0.29) is 0 Å². The van der Waals surface area contributed by atoms with E-state index in [4.69, 9.17) is 4.52 Å². The molecule has 0 spiro atoms. The largest absolute Gasteiger partial charge is 0.355 e. The molecule has 0 aromatic carbocycles. The van der Waals surface area contributed by atoms with E-state index < -0.39 is 0 Å². The van der Waals surface area contributed by atoms with Gasteiger partial charge < -0.3 is 9.84 Å². The van der Waals surface area contributed by atoms with E-state index >= 15 is 0 Å². The molecule has 3 rings (SSSR count). The minimum atomic E-state index is 0.626. The van der Waals surface area contributed by atoms with Crippen LogP contribution in [-0.4, -0.2) is 35.7 Å². The van der Waals surface area contributed by atoms with E-state index in [1.807, 2.05) is 6.07 Å². The van der Waals surface area contributed by atoms with Gasteiger partial charge in [-0.05, 0) is 43.8 Å². The summed E-state index contributed by atoms with van der Waals surface area (Å²) in [5, 5.41) is 9.83. The van der Waals surface area contributed by atoms with Gasteiger partial charge in [0.1, 0.15) is 0 Å². The van der Waals surface area contributed by atoms with Gasteiger partial charge in [-0.1, -0.05) is 18.1 Å². The van der Waals surface area contributed by atoms with Crippen molar-refractivity contribution < 1.29 is 4.52 Å². The number of rotatable bonds is 6. The average Bonchev–Trinajstić information content (AvgIpc) is 3.19. The average molecular weight is 305 g/mol. The number of hydrogen-bond donors (Lipinski definition) is 1. The molecular weight excluding hydrogens is 282 g/mol. The summed E-state index contributed by atoms with van der Waals surface area (Å²) in [5.74, 6) is 0.887. The van der Waals surface area contributed by atoms with E-state index in [9.17, 15) is 0 Å². The first-order chi connectivity index (χ1) is 10.4. The molecule has 2 aromatic heterocycles. The summed E-state index contributed by atoms with van der Waals surface area (Å²) in [6.45, 7) is 6.49. The summed E-state index contributed by atoms with van der Waals surface area (Å²) in [4.78, 5) is 3.69. The highest BCUT2D eigenvalue weighted by molar-refractivity contribution is 7.13. The molecular formula is C16H23N3OS. The lowest BCUT2D eigenvalue weighted by molar-refractivity contribution is 0.154. The highest BCUT2D eigenvalue weighted by Crippen LogP contribution is 2.26. The minimum Gasteiger partial charge on any atom is -0.355 e. The monoisotopic (exact) mass is 305 g/mol. The summed E-state index contributed by atoms with van der Waals surface area (Å²) < 4.78 is 5.49. The second kappa shape index (κ2) is 7.20. The summed E-state index contributed by atoms with van der Waals surface area (Å²) in [6.07, 6.45) is 3.72. The van der Waals surface area contributed by atoms with Crippen molar-refractivity contribution in [3.05, 3.63) is 29.3 Å². The van der Waals surface area contributed by atoms with Crippen LogP contribution in [0.25, 0.3) is 10.6 Å². The molecule has 1 aliphatic heterocycles. The Morgan fingerprint density at radius 1 is 1.52 bits per heavy atom. The smallest absolute Gasteiger partial charge is 0.177 e. The predicted molar refractivity (Wildman–Crippen MR) is 86.4 cm³/mol. The zero-order valence-electron chi connectivity index (χ0n) is 12.5. The standard InChI is InChI=1S/C16H23N3OS/c1-2-8-19(14-5-3-7-17-11-14)12-13-10-15(20-18-13)16-6-4-9-21-16/h4,6,9-10,14,17H,2-3,5,7-8,11-12H2,1H3. The van der Waals surface area contributed by atoms with Crippen LogP contribution in [0.2, 0.25) is 0 Å². The number of piperidine rings is 1. The molecule has 2 aromatic rings. The normalized spacial score (nSPS) is 19.2. The molecule has 4 nitrogen and oxygen atoms in total.